The Morgan fingerprint density at radius 1 is 1.06 bits per heavy atom. The number of benzene rings is 2. The molecule has 0 aromatic heterocycles. The molecule has 2 aromatic carbocycles. The van der Waals surface area contributed by atoms with E-state index in [1.807, 2.05) is 0 Å². The summed E-state index contributed by atoms with van der Waals surface area (Å²) in [5, 5.41) is 20.7. The molecule has 1 aliphatic rings. The predicted molar refractivity (Wildman–Crippen MR) is 118 cm³/mol. The van der Waals surface area contributed by atoms with Crippen LogP contribution in [0, 0.1) is 10.1 Å². The third kappa shape index (κ3) is 5.73. The molecule has 1 aliphatic heterocycles. The van der Waals surface area contributed by atoms with E-state index in [9.17, 15) is 24.5 Å². The molecule has 0 spiro atoms. The maximum atomic E-state index is 12.4. The molecule has 1 fully saturated rings. The molecule has 10 heteroatoms. The lowest BCUT2D eigenvalue weighted by Crippen LogP contribution is -2.49. The first-order chi connectivity index (χ1) is 15.2. The van der Waals surface area contributed by atoms with Crippen LogP contribution in [0.2, 0.25) is 0 Å². The van der Waals surface area contributed by atoms with E-state index in [1.165, 1.54) is 37.3 Å². The first-order valence-electron chi connectivity index (χ1n) is 9.77. The van der Waals surface area contributed by atoms with Gasteiger partial charge in [-0.25, -0.2) is 4.79 Å². The number of rotatable bonds is 6. The van der Waals surface area contributed by atoms with E-state index in [0.717, 1.165) is 11.8 Å². The molecule has 2 amide bonds. The van der Waals surface area contributed by atoms with Crippen LogP contribution in [-0.2, 0) is 9.59 Å². The molecule has 1 saturated heterocycles. The second-order valence-electron chi connectivity index (χ2n) is 7.08. The highest BCUT2D eigenvalue weighted by Crippen LogP contribution is 2.36. The lowest BCUT2D eigenvalue weighted by molar-refractivity contribution is -0.387. The Morgan fingerprint density at radius 3 is 2.38 bits per heavy atom. The number of hydrogen-bond acceptors (Lipinski definition) is 6. The molecule has 0 unspecified atom stereocenters. The number of carbonyl (C=O) groups is 3. The second kappa shape index (κ2) is 10.1. The van der Waals surface area contributed by atoms with E-state index in [0.29, 0.717) is 41.5 Å². The highest BCUT2D eigenvalue weighted by atomic mass is 32.2. The van der Waals surface area contributed by atoms with Gasteiger partial charge in [0.2, 0.25) is 11.8 Å². The quantitative estimate of drug-likeness (QED) is 0.403. The second-order valence-corrected chi connectivity index (χ2v) is 8.20. The topological polar surface area (TPSA) is 121 Å². The van der Waals surface area contributed by atoms with Crippen LogP contribution in [0.25, 0.3) is 6.08 Å². The summed E-state index contributed by atoms with van der Waals surface area (Å²) < 4.78 is 0. The van der Waals surface area contributed by atoms with E-state index in [4.69, 9.17) is 5.11 Å². The lowest BCUT2D eigenvalue weighted by Gasteiger charge is -2.33. The minimum atomic E-state index is -1.07. The highest BCUT2D eigenvalue weighted by Gasteiger charge is 2.21. The molecule has 1 N–H and O–H groups in total. The van der Waals surface area contributed by atoms with Gasteiger partial charge in [-0.1, -0.05) is 23.9 Å². The van der Waals surface area contributed by atoms with Crippen molar-refractivity contribution in [2.24, 2.45) is 0 Å². The van der Waals surface area contributed by atoms with Gasteiger partial charge in [-0.2, -0.15) is 0 Å². The highest BCUT2D eigenvalue weighted by molar-refractivity contribution is 7.99. The molecule has 32 heavy (non-hydrogen) atoms. The molecule has 0 aliphatic carbocycles. The lowest BCUT2D eigenvalue weighted by atomic mass is 10.2. The third-order valence-corrected chi connectivity index (χ3v) is 6.00. The summed E-state index contributed by atoms with van der Waals surface area (Å²) >= 11 is 1.10. The number of carbonyl (C=O) groups excluding carboxylic acids is 2. The first kappa shape index (κ1) is 23.0. The van der Waals surface area contributed by atoms with Crippen molar-refractivity contribution in [2.75, 3.05) is 26.2 Å². The zero-order chi connectivity index (χ0) is 23.3. The minimum Gasteiger partial charge on any atom is -0.478 e. The average molecular weight is 455 g/mol. The molecule has 3 rings (SSSR count). The third-order valence-electron chi connectivity index (χ3n) is 4.94. The monoisotopic (exact) mass is 455 g/mol. The van der Waals surface area contributed by atoms with Crippen LogP contribution >= 0.6 is 11.8 Å². The minimum absolute atomic E-state index is 0.0207. The van der Waals surface area contributed by atoms with Crippen molar-refractivity contribution in [3.8, 4) is 0 Å². The fraction of sp³-hybridized carbons (Fsp3) is 0.227. The Balaban J connectivity index is 1.72. The van der Waals surface area contributed by atoms with Gasteiger partial charge in [0, 0.05) is 50.1 Å². The van der Waals surface area contributed by atoms with Gasteiger partial charge in [-0.05, 0) is 35.9 Å². The van der Waals surface area contributed by atoms with Gasteiger partial charge < -0.3 is 14.9 Å². The predicted octanol–water partition coefficient (Wildman–Crippen LogP) is 3.15. The number of aromatic carboxylic acids is 1. The molecule has 0 bridgehead atoms. The number of piperazine rings is 1. The molecule has 166 valence electrons. The van der Waals surface area contributed by atoms with Gasteiger partial charge in [0.25, 0.3) is 5.69 Å². The van der Waals surface area contributed by atoms with Crippen LogP contribution < -0.4 is 0 Å². The summed E-state index contributed by atoms with van der Waals surface area (Å²) in [5.74, 6) is -1.32. The SMILES string of the molecule is CC(=O)N1CCN(C(=O)C=Cc2ccc(Sc3cccc(C(=O)O)c3)c([N+](=O)[O-])c2)CC1. The van der Waals surface area contributed by atoms with Crippen molar-refractivity contribution in [2.45, 2.75) is 16.7 Å². The average Bonchev–Trinajstić information content (AvgIpc) is 2.78. The van der Waals surface area contributed by atoms with Crippen molar-refractivity contribution in [3.05, 3.63) is 69.8 Å². The summed E-state index contributed by atoms with van der Waals surface area (Å²) in [6, 6.07) is 10.8. The van der Waals surface area contributed by atoms with E-state index < -0.39 is 10.9 Å². The van der Waals surface area contributed by atoms with Gasteiger partial charge >= 0.3 is 5.97 Å². The molecule has 1 heterocycles. The molecule has 0 radical (unpaired) electrons. The van der Waals surface area contributed by atoms with Gasteiger partial charge in [0.1, 0.15) is 0 Å². The summed E-state index contributed by atoms with van der Waals surface area (Å²) in [6.07, 6.45) is 2.89. The Kier molecular flexibility index (Phi) is 7.26. The molecular formula is C22H21N3O6S. The number of carboxylic acid groups (broad SMARTS) is 1. The molecule has 9 nitrogen and oxygen atoms in total. The molecule has 0 saturated carbocycles. The normalized spacial score (nSPS) is 13.9. The van der Waals surface area contributed by atoms with E-state index in [2.05, 4.69) is 0 Å². The summed E-state index contributed by atoms with van der Waals surface area (Å²) in [5.41, 5.74) is 0.455. The standard InChI is InChI=1S/C22H21N3O6S/c1-15(26)23-9-11-24(12-10-23)21(27)8-6-16-5-7-20(19(13-16)25(30)31)32-18-4-2-3-17(14-18)22(28)29/h2-8,13-14H,9-12H2,1H3,(H,28,29). The molecule has 0 atom stereocenters. The van der Waals surface area contributed by atoms with Crippen LogP contribution in [0.1, 0.15) is 22.8 Å². The van der Waals surface area contributed by atoms with E-state index >= 15 is 0 Å². The first-order valence-corrected chi connectivity index (χ1v) is 10.6. The van der Waals surface area contributed by atoms with Crippen molar-refractivity contribution in [1.29, 1.82) is 0 Å². The Morgan fingerprint density at radius 2 is 1.75 bits per heavy atom. The zero-order valence-corrected chi connectivity index (χ0v) is 18.1. The van der Waals surface area contributed by atoms with E-state index in [-0.39, 0.29) is 23.1 Å². The number of hydrogen-bond donors (Lipinski definition) is 1. The van der Waals surface area contributed by atoms with Crippen molar-refractivity contribution in [3.63, 3.8) is 0 Å². The number of nitro benzene ring substituents is 1. The van der Waals surface area contributed by atoms with Crippen molar-refractivity contribution >= 4 is 41.3 Å². The molecule has 2 aromatic rings. The number of amides is 2. The van der Waals surface area contributed by atoms with Gasteiger partial charge in [-0.3, -0.25) is 19.7 Å². The summed E-state index contributed by atoms with van der Waals surface area (Å²) in [6.45, 7) is 3.33. The van der Waals surface area contributed by atoms with Gasteiger partial charge in [0.05, 0.1) is 15.4 Å². The number of nitro groups is 1. The number of nitrogens with zero attached hydrogens (tertiary/aromatic N) is 3. The van der Waals surface area contributed by atoms with Crippen LogP contribution in [0.15, 0.2) is 58.3 Å². The maximum Gasteiger partial charge on any atom is 0.335 e. The zero-order valence-electron chi connectivity index (χ0n) is 17.3. The van der Waals surface area contributed by atoms with E-state index in [1.54, 1.807) is 34.1 Å². The van der Waals surface area contributed by atoms with Crippen LogP contribution in [-0.4, -0.2) is 63.8 Å². The largest absolute Gasteiger partial charge is 0.478 e. The fourth-order valence-corrected chi connectivity index (χ4v) is 4.16. The Labute approximate surface area is 188 Å². The Bertz CT molecular complexity index is 1090. The van der Waals surface area contributed by atoms with Crippen LogP contribution in [0.4, 0.5) is 5.69 Å². The van der Waals surface area contributed by atoms with Crippen LogP contribution in [0.5, 0.6) is 0 Å². The number of carboxylic acids is 1. The van der Waals surface area contributed by atoms with Crippen LogP contribution in [0.3, 0.4) is 0 Å². The fourth-order valence-electron chi connectivity index (χ4n) is 3.20. The van der Waals surface area contributed by atoms with Gasteiger partial charge in [0.15, 0.2) is 0 Å². The maximum absolute atomic E-state index is 12.4. The Hall–Kier alpha value is -3.66. The smallest absolute Gasteiger partial charge is 0.335 e. The molecular weight excluding hydrogens is 434 g/mol. The van der Waals surface area contributed by atoms with Crippen molar-refractivity contribution < 1.29 is 24.4 Å². The van der Waals surface area contributed by atoms with Gasteiger partial charge in [-0.15, -0.1) is 0 Å². The van der Waals surface area contributed by atoms with Crippen molar-refractivity contribution in [1.82, 2.24) is 9.80 Å². The summed E-state index contributed by atoms with van der Waals surface area (Å²) in [7, 11) is 0. The summed E-state index contributed by atoms with van der Waals surface area (Å²) in [4.78, 5) is 50.2.